The summed E-state index contributed by atoms with van der Waals surface area (Å²) in [6.07, 6.45) is 5.39. The van der Waals surface area contributed by atoms with Crippen LogP contribution in [0.15, 0.2) is 72.8 Å². The van der Waals surface area contributed by atoms with E-state index in [1.165, 1.54) is 0 Å². The lowest BCUT2D eigenvalue weighted by Crippen LogP contribution is -2.12. The molecule has 0 aliphatic heterocycles. The smallest absolute Gasteiger partial charge is 0.255 e. The highest BCUT2D eigenvalue weighted by Crippen LogP contribution is 2.29. The van der Waals surface area contributed by atoms with E-state index in [4.69, 9.17) is 15.9 Å². The van der Waals surface area contributed by atoms with Crippen LogP contribution in [0.3, 0.4) is 0 Å². The highest BCUT2D eigenvalue weighted by atomic mass is 16.5. The van der Waals surface area contributed by atoms with E-state index in [2.05, 4.69) is 11.2 Å². The number of benzene rings is 3. The Labute approximate surface area is 158 Å². The highest BCUT2D eigenvalue weighted by Gasteiger charge is 2.12. The maximum atomic E-state index is 12.5. The van der Waals surface area contributed by atoms with Crippen molar-refractivity contribution >= 4 is 11.6 Å². The van der Waals surface area contributed by atoms with Crippen LogP contribution in [0.5, 0.6) is 11.5 Å². The first-order valence-electron chi connectivity index (χ1n) is 8.42. The van der Waals surface area contributed by atoms with Gasteiger partial charge in [0.05, 0.1) is 7.11 Å². The van der Waals surface area contributed by atoms with Gasteiger partial charge in [0.1, 0.15) is 6.61 Å². The highest BCUT2D eigenvalue weighted by molar-refractivity contribution is 6.04. The number of anilines is 1. The first kappa shape index (κ1) is 18.1. The molecule has 3 aromatic carbocycles. The van der Waals surface area contributed by atoms with Crippen molar-refractivity contribution in [2.45, 2.75) is 6.61 Å². The molecule has 0 aromatic heterocycles. The van der Waals surface area contributed by atoms with E-state index >= 15 is 0 Å². The lowest BCUT2D eigenvalue weighted by atomic mass is 10.1. The largest absolute Gasteiger partial charge is 0.493 e. The number of rotatable bonds is 6. The zero-order valence-corrected chi connectivity index (χ0v) is 14.9. The van der Waals surface area contributed by atoms with Gasteiger partial charge in [0.2, 0.25) is 0 Å². The van der Waals surface area contributed by atoms with Crippen molar-refractivity contribution in [2.75, 3.05) is 12.4 Å². The van der Waals surface area contributed by atoms with E-state index in [1.54, 1.807) is 49.6 Å². The Morgan fingerprint density at radius 3 is 2.56 bits per heavy atom. The minimum Gasteiger partial charge on any atom is -0.493 e. The van der Waals surface area contributed by atoms with Gasteiger partial charge in [-0.25, -0.2) is 0 Å². The molecule has 0 spiro atoms. The minimum absolute atomic E-state index is 0.253. The molecule has 1 N–H and O–H groups in total. The van der Waals surface area contributed by atoms with Crippen LogP contribution >= 0.6 is 0 Å². The Morgan fingerprint density at radius 2 is 1.81 bits per heavy atom. The maximum Gasteiger partial charge on any atom is 0.255 e. The summed E-state index contributed by atoms with van der Waals surface area (Å²) in [6.45, 7) is 0.418. The van der Waals surface area contributed by atoms with Gasteiger partial charge in [-0.2, -0.15) is 0 Å². The monoisotopic (exact) mass is 357 g/mol. The minimum atomic E-state index is -0.253. The molecule has 27 heavy (non-hydrogen) atoms. The van der Waals surface area contributed by atoms with Crippen molar-refractivity contribution in [2.24, 2.45) is 0 Å². The number of ether oxygens (including phenoxy) is 2. The van der Waals surface area contributed by atoms with Gasteiger partial charge in [-0.1, -0.05) is 42.3 Å². The predicted molar refractivity (Wildman–Crippen MR) is 106 cm³/mol. The van der Waals surface area contributed by atoms with Gasteiger partial charge in [-0.15, -0.1) is 6.42 Å². The van der Waals surface area contributed by atoms with Crippen molar-refractivity contribution < 1.29 is 14.3 Å². The van der Waals surface area contributed by atoms with E-state index in [-0.39, 0.29) is 5.91 Å². The lowest BCUT2D eigenvalue weighted by molar-refractivity contribution is 0.102. The summed E-state index contributed by atoms with van der Waals surface area (Å²) >= 11 is 0. The topological polar surface area (TPSA) is 47.6 Å². The van der Waals surface area contributed by atoms with Crippen molar-refractivity contribution in [3.05, 3.63) is 89.5 Å². The maximum absolute atomic E-state index is 12.5. The molecule has 0 atom stereocenters. The molecule has 0 radical (unpaired) electrons. The molecule has 0 saturated carbocycles. The molecule has 3 aromatic rings. The summed E-state index contributed by atoms with van der Waals surface area (Å²) < 4.78 is 11.2. The van der Waals surface area contributed by atoms with Crippen molar-refractivity contribution in [3.63, 3.8) is 0 Å². The number of methoxy groups -OCH3 is 1. The second-order valence-electron chi connectivity index (χ2n) is 5.82. The second kappa shape index (κ2) is 8.59. The number of hydrogen-bond acceptors (Lipinski definition) is 3. The molecule has 0 aliphatic rings. The molecular formula is C23H19NO3. The molecule has 0 unspecified atom stereocenters. The van der Waals surface area contributed by atoms with Crippen LogP contribution in [0, 0.1) is 12.3 Å². The van der Waals surface area contributed by atoms with E-state index in [0.29, 0.717) is 34.9 Å². The number of amides is 1. The van der Waals surface area contributed by atoms with Crippen molar-refractivity contribution in [1.29, 1.82) is 0 Å². The Bertz CT molecular complexity index is 974. The summed E-state index contributed by atoms with van der Waals surface area (Å²) in [6, 6.07) is 22.0. The Hall–Kier alpha value is -3.71. The average molecular weight is 357 g/mol. The summed E-state index contributed by atoms with van der Waals surface area (Å²) in [5.74, 6) is 3.37. The fraction of sp³-hybridized carbons (Fsp3) is 0.0870. The molecule has 4 heteroatoms. The van der Waals surface area contributed by atoms with E-state index in [0.717, 1.165) is 5.56 Å². The number of terminal acetylenes is 1. The summed E-state index contributed by atoms with van der Waals surface area (Å²) in [7, 11) is 1.54. The summed E-state index contributed by atoms with van der Waals surface area (Å²) in [4.78, 5) is 12.5. The van der Waals surface area contributed by atoms with Crippen molar-refractivity contribution in [1.82, 2.24) is 0 Å². The number of carbonyl (C=O) groups excluding carboxylic acids is 1. The predicted octanol–water partition coefficient (Wildman–Crippen LogP) is 4.51. The van der Waals surface area contributed by atoms with E-state index in [9.17, 15) is 4.79 Å². The molecule has 0 heterocycles. The van der Waals surface area contributed by atoms with Crippen LogP contribution < -0.4 is 14.8 Å². The Kier molecular flexibility index (Phi) is 5.76. The zero-order valence-electron chi connectivity index (χ0n) is 14.9. The van der Waals surface area contributed by atoms with Crippen LogP contribution in [0.25, 0.3) is 0 Å². The molecule has 4 nitrogen and oxygen atoms in total. The fourth-order valence-electron chi connectivity index (χ4n) is 2.55. The fourth-order valence-corrected chi connectivity index (χ4v) is 2.55. The third-order valence-corrected chi connectivity index (χ3v) is 3.95. The van der Waals surface area contributed by atoms with Gasteiger partial charge in [-0.05, 0) is 42.0 Å². The Balaban J connectivity index is 1.72. The molecule has 0 aliphatic carbocycles. The zero-order chi connectivity index (χ0) is 19.1. The van der Waals surface area contributed by atoms with E-state index < -0.39 is 0 Å². The number of hydrogen-bond donors (Lipinski definition) is 1. The SMILES string of the molecule is C#Cc1cccc(NC(=O)c2ccc(OCc3ccccc3)c(OC)c2)c1. The third-order valence-electron chi connectivity index (χ3n) is 3.95. The third kappa shape index (κ3) is 4.68. The lowest BCUT2D eigenvalue weighted by Gasteiger charge is -2.12. The quantitative estimate of drug-likeness (QED) is 0.661. The van der Waals surface area contributed by atoms with Crippen LogP contribution in [0.4, 0.5) is 5.69 Å². The van der Waals surface area contributed by atoms with Gasteiger partial charge in [0, 0.05) is 16.8 Å². The second-order valence-corrected chi connectivity index (χ2v) is 5.82. The molecule has 0 saturated heterocycles. The van der Waals surface area contributed by atoms with E-state index in [1.807, 2.05) is 30.3 Å². The summed E-state index contributed by atoms with van der Waals surface area (Å²) in [5, 5.41) is 2.83. The van der Waals surface area contributed by atoms with Gasteiger partial charge < -0.3 is 14.8 Å². The van der Waals surface area contributed by atoms with Crippen LogP contribution in [-0.2, 0) is 6.61 Å². The van der Waals surface area contributed by atoms with Gasteiger partial charge in [-0.3, -0.25) is 4.79 Å². The van der Waals surface area contributed by atoms with Gasteiger partial charge in [0.15, 0.2) is 11.5 Å². The number of nitrogens with one attached hydrogen (secondary N) is 1. The Morgan fingerprint density at radius 1 is 1.00 bits per heavy atom. The standard InChI is InChI=1S/C23H19NO3/c1-3-17-10-7-11-20(14-17)24-23(25)19-12-13-21(22(15-19)26-2)27-16-18-8-5-4-6-9-18/h1,4-15H,16H2,2H3,(H,24,25). The molecule has 1 amide bonds. The number of carbonyl (C=O) groups is 1. The van der Waals surface area contributed by atoms with Crippen LogP contribution in [0.2, 0.25) is 0 Å². The molecular weight excluding hydrogens is 338 g/mol. The molecule has 3 rings (SSSR count). The van der Waals surface area contributed by atoms with Crippen LogP contribution in [-0.4, -0.2) is 13.0 Å². The molecule has 134 valence electrons. The first-order valence-corrected chi connectivity index (χ1v) is 8.42. The normalized spacial score (nSPS) is 9.93. The first-order chi connectivity index (χ1) is 13.2. The summed E-state index contributed by atoms with van der Waals surface area (Å²) in [5.41, 5.74) is 2.86. The van der Waals surface area contributed by atoms with Crippen LogP contribution in [0.1, 0.15) is 21.5 Å². The van der Waals surface area contributed by atoms with Gasteiger partial charge in [0.25, 0.3) is 5.91 Å². The van der Waals surface area contributed by atoms with Crippen molar-refractivity contribution in [3.8, 4) is 23.8 Å². The molecule has 0 fully saturated rings. The van der Waals surface area contributed by atoms with Gasteiger partial charge >= 0.3 is 0 Å². The molecule has 0 bridgehead atoms. The average Bonchev–Trinajstić information content (AvgIpc) is 2.73.